The molecule has 0 saturated heterocycles. The first-order valence-electron chi connectivity index (χ1n) is 7.62. The number of amides is 3. The lowest BCUT2D eigenvalue weighted by atomic mass is 9.97. The summed E-state index contributed by atoms with van der Waals surface area (Å²) in [5.41, 5.74) is 10.6. The van der Waals surface area contributed by atoms with Gasteiger partial charge in [0.05, 0.1) is 12.6 Å². The van der Waals surface area contributed by atoms with Gasteiger partial charge in [-0.2, -0.15) is 0 Å². The van der Waals surface area contributed by atoms with Crippen molar-refractivity contribution in [2.45, 2.75) is 51.2 Å². The molecule has 0 bridgehead atoms. The van der Waals surface area contributed by atoms with Crippen LogP contribution in [0.1, 0.15) is 33.1 Å². The van der Waals surface area contributed by atoms with Gasteiger partial charge in [0.15, 0.2) is 0 Å². The molecule has 8 N–H and O–H groups in total. The number of carboxylic acids is 1. The van der Waals surface area contributed by atoms with E-state index >= 15 is 0 Å². The van der Waals surface area contributed by atoms with Crippen molar-refractivity contribution >= 4 is 23.7 Å². The predicted octanol–water partition coefficient (Wildman–Crippen LogP) is -2.33. The van der Waals surface area contributed by atoms with Crippen molar-refractivity contribution in [3.05, 3.63) is 0 Å². The standard InChI is InChI=1S/C14H26N4O6/c1-3-7(2)11(13(22)17-9(6-19)14(23)24)18-12(21)8(15)4-5-10(16)20/h7-9,11,19H,3-6,15H2,1-2H3,(H2,16,20)(H,17,22)(H,18,21)(H,23,24). The first-order chi connectivity index (χ1) is 11.1. The summed E-state index contributed by atoms with van der Waals surface area (Å²) in [6.07, 6.45) is 0.497. The Morgan fingerprint density at radius 3 is 2.12 bits per heavy atom. The van der Waals surface area contributed by atoms with E-state index in [-0.39, 0.29) is 18.8 Å². The van der Waals surface area contributed by atoms with Crippen LogP contribution in [0.4, 0.5) is 0 Å². The van der Waals surface area contributed by atoms with E-state index in [0.717, 1.165) is 0 Å². The summed E-state index contributed by atoms with van der Waals surface area (Å²) in [7, 11) is 0. The average Bonchev–Trinajstić information content (AvgIpc) is 2.53. The van der Waals surface area contributed by atoms with Crippen LogP contribution in [0.2, 0.25) is 0 Å². The zero-order valence-corrected chi connectivity index (χ0v) is 13.8. The lowest BCUT2D eigenvalue weighted by molar-refractivity contribution is -0.143. The van der Waals surface area contributed by atoms with Gasteiger partial charge in [0.2, 0.25) is 17.7 Å². The van der Waals surface area contributed by atoms with Crippen molar-refractivity contribution in [1.29, 1.82) is 0 Å². The molecule has 0 aliphatic heterocycles. The molecule has 0 heterocycles. The Balaban J connectivity index is 4.94. The van der Waals surface area contributed by atoms with Gasteiger partial charge in [-0.3, -0.25) is 14.4 Å². The quantitative estimate of drug-likeness (QED) is 0.242. The van der Waals surface area contributed by atoms with E-state index in [4.69, 9.17) is 21.7 Å². The molecule has 0 radical (unpaired) electrons. The van der Waals surface area contributed by atoms with Crippen molar-refractivity contribution in [3.63, 3.8) is 0 Å². The highest BCUT2D eigenvalue weighted by Gasteiger charge is 2.30. The molecule has 10 heteroatoms. The highest BCUT2D eigenvalue weighted by atomic mass is 16.4. The molecule has 0 aliphatic carbocycles. The van der Waals surface area contributed by atoms with Crippen molar-refractivity contribution in [2.24, 2.45) is 17.4 Å². The van der Waals surface area contributed by atoms with Crippen molar-refractivity contribution in [1.82, 2.24) is 10.6 Å². The number of hydrogen-bond donors (Lipinski definition) is 6. The normalized spacial score (nSPS) is 15.7. The molecule has 0 fully saturated rings. The summed E-state index contributed by atoms with van der Waals surface area (Å²) in [6, 6.07) is -3.51. The zero-order valence-electron chi connectivity index (χ0n) is 13.8. The molecule has 0 saturated carbocycles. The topological polar surface area (TPSA) is 185 Å². The maximum absolute atomic E-state index is 12.2. The Bertz CT molecular complexity index is 470. The fourth-order valence-electron chi connectivity index (χ4n) is 1.84. The minimum absolute atomic E-state index is 0.0321. The summed E-state index contributed by atoms with van der Waals surface area (Å²) in [5.74, 6) is -3.67. The third-order valence-corrected chi connectivity index (χ3v) is 3.63. The Morgan fingerprint density at radius 1 is 1.12 bits per heavy atom. The summed E-state index contributed by atoms with van der Waals surface area (Å²) in [4.78, 5) is 45.9. The summed E-state index contributed by atoms with van der Waals surface area (Å²) < 4.78 is 0. The zero-order chi connectivity index (χ0) is 18.9. The molecule has 0 aromatic carbocycles. The van der Waals surface area contributed by atoms with Gasteiger partial charge in [0, 0.05) is 6.42 Å². The molecule has 138 valence electrons. The third kappa shape index (κ3) is 7.38. The van der Waals surface area contributed by atoms with E-state index in [2.05, 4.69) is 10.6 Å². The van der Waals surface area contributed by atoms with Crippen LogP contribution in [0.3, 0.4) is 0 Å². The van der Waals surface area contributed by atoms with Crippen LogP contribution in [0.5, 0.6) is 0 Å². The van der Waals surface area contributed by atoms with Crippen LogP contribution in [0.25, 0.3) is 0 Å². The second-order valence-corrected chi connectivity index (χ2v) is 5.57. The molecule has 4 unspecified atom stereocenters. The number of aliphatic carboxylic acids is 1. The van der Waals surface area contributed by atoms with Crippen LogP contribution in [-0.2, 0) is 19.2 Å². The number of nitrogens with two attached hydrogens (primary N) is 2. The summed E-state index contributed by atoms with van der Waals surface area (Å²) in [6.45, 7) is 2.72. The number of carbonyl (C=O) groups is 4. The van der Waals surface area contributed by atoms with E-state index in [9.17, 15) is 19.2 Å². The summed E-state index contributed by atoms with van der Waals surface area (Å²) >= 11 is 0. The number of carbonyl (C=O) groups excluding carboxylic acids is 3. The van der Waals surface area contributed by atoms with Crippen LogP contribution < -0.4 is 22.1 Å². The van der Waals surface area contributed by atoms with Crippen molar-refractivity contribution in [2.75, 3.05) is 6.61 Å². The van der Waals surface area contributed by atoms with Gasteiger partial charge in [0.1, 0.15) is 12.1 Å². The van der Waals surface area contributed by atoms with Crippen LogP contribution in [-0.4, -0.2) is 58.6 Å². The number of rotatable bonds is 11. The smallest absolute Gasteiger partial charge is 0.328 e. The molecule has 0 aliphatic rings. The number of hydrogen-bond acceptors (Lipinski definition) is 6. The van der Waals surface area contributed by atoms with Gasteiger partial charge < -0.3 is 32.3 Å². The second-order valence-electron chi connectivity index (χ2n) is 5.57. The SMILES string of the molecule is CCC(C)C(NC(=O)C(N)CCC(N)=O)C(=O)NC(CO)C(=O)O. The fraction of sp³-hybridized carbons (Fsp3) is 0.714. The minimum Gasteiger partial charge on any atom is -0.480 e. The number of carboxylic acid groups (broad SMARTS) is 1. The van der Waals surface area contributed by atoms with E-state index in [1.807, 2.05) is 0 Å². The van der Waals surface area contributed by atoms with Gasteiger partial charge in [0.25, 0.3) is 0 Å². The lowest BCUT2D eigenvalue weighted by Crippen LogP contribution is -2.57. The largest absolute Gasteiger partial charge is 0.480 e. The first kappa shape index (κ1) is 21.8. The maximum Gasteiger partial charge on any atom is 0.328 e. The minimum atomic E-state index is -1.47. The van der Waals surface area contributed by atoms with Crippen molar-refractivity contribution in [3.8, 4) is 0 Å². The Morgan fingerprint density at radius 2 is 1.71 bits per heavy atom. The average molecular weight is 346 g/mol. The number of nitrogens with one attached hydrogen (secondary N) is 2. The van der Waals surface area contributed by atoms with Gasteiger partial charge in [-0.25, -0.2) is 4.79 Å². The molecule has 4 atom stereocenters. The molecule has 0 aromatic heterocycles. The van der Waals surface area contributed by atoms with E-state index < -0.39 is 48.4 Å². The molecular formula is C14H26N4O6. The predicted molar refractivity (Wildman–Crippen MR) is 84.4 cm³/mol. The molecule has 3 amide bonds. The highest BCUT2D eigenvalue weighted by molar-refractivity contribution is 5.92. The number of aliphatic hydroxyl groups excluding tert-OH is 1. The molecule has 0 spiro atoms. The van der Waals surface area contributed by atoms with Crippen LogP contribution >= 0.6 is 0 Å². The molecule has 10 nitrogen and oxygen atoms in total. The van der Waals surface area contributed by atoms with Crippen LogP contribution in [0.15, 0.2) is 0 Å². The van der Waals surface area contributed by atoms with Gasteiger partial charge in [-0.15, -0.1) is 0 Å². The molecule has 0 rings (SSSR count). The number of aliphatic hydroxyl groups is 1. The molecule has 24 heavy (non-hydrogen) atoms. The van der Waals surface area contributed by atoms with Gasteiger partial charge >= 0.3 is 5.97 Å². The molecular weight excluding hydrogens is 320 g/mol. The Labute approximate surface area is 139 Å². The highest BCUT2D eigenvalue weighted by Crippen LogP contribution is 2.09. The van der Waals surface area contributed by atoms with Crippen LogP contribution in [0, 0.1) is 5.92 Å². The first-order valence-corrected chi connectivity index (χ1v) is 7.62. The van der Waals surface area contributed by atoms with Gasteiger partial charge in [-0.05, 0) is 12.3 Å². The third-order valence-electron chi connectivity index (χ3n) is 3.63. The van der Waals surface area contributed by atoms with E-state index in [1.165, 1.54) is 0 Å². The fourth-order valence-corrected chi connectivity index (χ4v) is 1.84. The van der Waals surface area contributed by atoms with E-state index in [0.29, 0.717) is 6.42 Å². The maximum atomic E-state index is 12.2. The summed E-state index contributed by atoms with van der Waals surface area (Å²) in [5, 5.41) is 22.4. The number of primary amides is 1. The Hall–Kier alpha value is -2.20. The van der Waals surface area contributed by atoms with Gasteiger partial charge in [-0.1, -0.05) is 20.3 Å². The lowest BCUT2D eigenvalue weighted by Gasteiger charge is -2.26. The monoisotopic (exact) mass is 346 g/mol. The van der Waals surface area contributed by atoms with Crippen molar-refractivity contribution < 1.29 is 29.4 Å². The second kappa shape index (κ2) is 10.6. The Kier molecular flexibility index (Phi) is 9.58. The molecule has 0 aromatic rings. The van der Waals surface area contributed by atoms with E-state index in [1.54, 1.807) is 13.8 Å².